The number of nitrogens with zero attached hydrogens (tertiary/aromatic N) is 1. The second kappa shape index (κ2) is 10.1. The summed E-state index contributed by atoms with van der Waals surface area (Å²) in [6.07, 6.45) is 6.00. The van der Waals surface area contributed by atoms with Crippen molar-refractivity contribution in [1.29, 1.82) is 0 Å². The van der Waals surface area contributed by atoms with Crippen LogP contribution >= 0.6 is 0 Å². The standard InChI is InChI=1S/C21H31NO5/c1-22(24)21(23)8-5-13-25-14-11-17-18(20-10-9-19(17)27-20)12-15-26-16-6-3-2-4-7-16/h2-4,6-7,17-20,24H,5,8-15H2,1H3/t17-,18+,19-,20+/m1/s1. The van der Waals surface area contributed by atoms with Crippen LogP contribution in [0.15, 0.2) is 30.3 Å². The molecule has 2 aliphatic heterocycles. The van der Waals surface area contributed by atoms with Crippen molar-refractivity contribution in [3.63, 3.8) is 0 Å². The molecule has 150 valence electrons. The molecule has 2 aliphatic rings. The number of hydroxylamine groups is 2. The van der Waals surface area contributed by atoms with E-state index < -0.39 is 0 Å². The predicted molar refractivity (Wildman–Crippen MR) is 101 cm³/mol. The van der Waals surface area contributed by atoms with Crippen LogP contribution in [0.2, 0.25) is 0 Å². The summed E-state index contributed by atoms with van der Waals surface area (Å²) in [4.78, 5) is 11.3. The van der Waals surface area contributed by atoms with Crippen LogP contribution in [0.1, 0.15) is 38.5 Å². The minimum atomic E-state index is -0.279. The Kier molecular flexibility index (Phi) is 7.50. The number of fused-ring (bicyclic) bond motifs is 2. The van der Waals surface area contributed by atoms with Gasteiger partial charge in [-0.25, -0.2) is 5.06 Å². The number of rotatable bonds is 11. The van der Waals surface area contributed by atoms with Gasteiger partial charge in [0.25, 0.3) is 0 Å². The lowest BCUT2D eigenvalue weighted by Crippen LogP contribution is -2.29. The second-order valence-electron chi connectivity index (χ2n) is 7.49. The number of amides is 1. The first kappa shape index (κ1) is 20.1. The van der Waals surface area contributed by atoms with E-state index in [1.165, 1.54) is 7.05 Å². The van der Waals surface area contributed by atoms with Crippen LogP contribution in [0.4, 0.5) is 0 Å². The average Bonchev–Trinajstić information content (AvgIpc) is 3.27. The second-order valence-corrected chi connectivity index (χ2v) is 7.49. The molecular weight excluding hydrogens is 346 g/mol. The molecule has 0 aliphatic carbocycles. The molecule has 0 radical (unpaired) electrons. The van der Waals surface area contributed by atoms with Gasteiger partial charge < -0.3 is 14.2 Å². The zero-order valence-electron chi connectivity index (χ0n) is 16.1. The van der Waals surface area contributed by atoms with E-state index in [2.05, 4.69) is 0 Å². The van der Waals surface area contributed by atoms with Crippen molar-refractivity contribution in [2.75, 3.05) is 26.9 Å². The molecule has 3 rings (SSSR count). The Bertz CT molecular complexity index is 579. The highest BCUT2D eigenvalue weighted by atomic mass is 16.5. The molecule has 1 amide bonds. The highest BCUT2D eigenvalue weighted by Crippen LogP contribution is 2.46. The molecule has 0 aromatic heterocycles. The van der Waals surface area contributed by atoms with Crippen LogP contribution in [0.25, 0.3) is 0 Å². The molecule has 6 heteroatoms. The normalized spacial score (nSPS) is 26.3. The Balaban J connectivity index is 1.35. The maximum Gasteiger partial charge on any atom is 0.245 e. The first-order chi connectivity index (χ1) is 13.1. The van der Waals surface area contributed by atoms with Gasteiger partial charge in [0.2, 0.25) is 5.91 Å². The molecule has 4 atom stereocenters. The molecule has 1 aromatic rings. The monoisotopic (exact) mass is 377 g/mol. The van der Waals surface area contributed by atoms with Gasteiger partial charge in [0.15, 0.2) is 0 Å². The molecule has 2 heterocycles. The zero-order chi connectivity index (χ0) is 19.1. The minimum Gasteiger partial charge on any atom is -0.494 e. The molecule has 2 bridgehead atoms. The summed E-state index contributed by atoms with van der Waals surface area (Å²) in [6, 6.07) is 9.94. The van der Waals surface area contributed by atoms with Gasteiger partial charge in [0, 0.05) is 26.7 Å². The molecule has 2 saturated heterocycles. The summed E-state index contributed by atoms with van der Waals surface area (Å²) in [7, 11) is 1.35. The van der Waals surface area contributed by atoms with Gasteiger partial charge in [-0.2, -0.15) is 0 Å². The van der Waals surface area contributed by atoms with E-state index in [0.29, 0.717) is 55.2 Å². The van der Waals surface area contributed by atoms with E-state index in [1.54, 1.807) is 0 Å². The molecule has 6 nitrogen and oxygen atoms in total. The van der Waals surface area contributed by atoms with E-state index in [0.717, 1.165) is 38.0 Å². The van der Waals surface area contributed by atoms with Gasteiger partial charge in [-0.05, 0) is 56.1 Å². The molecule has 1 N–H and O–H groups in total. The van der Waals surface area contributed by atoms with Crippen LogP contribution in [-0.2, 0) is 14.3 Å². The van der Waals surface area contributed by atoms with Gasteiger partial charge in [0.05, 0.1) is 18.8 Å². The van der Waals surface area contributed by atoms with Crippen molar-refractivity contribution in [3.05, 3.63) is 30.3 Å². The molecule has 0 saturated carbocycles. The van der Waals surface area contributed by atoms with Crippen LogP contribution in [-0.4, -0.2) is 55.3 Å². The Morgan fingerprint density at radius 3 is 2.44 bits per heavy atom. The Hall–Kier alpha value is -1.63. The molecule has 2 fully saturated rings. The van der Waals surface area contributed by atoms with Gasteiger partial charge in [-0.1, -0.05) is 18.2 Å². The van der Waals surface area contributed by atoms with Crippen molar-refractivity contribution in [3.8, 4) is 5.75 Å². The lowest BCUT2D eigenvalue weighted by Gasteiger charge is -2.28. The third-order valence-corrected chi connectivity index (χ3v) is 5.69. The van der Waals surface area contributed by atoms with Crippen molar-refractivity contribution in [2.24, 2.45) is 11.8 Å². The average molecular weight is 377 g/mol. The van der Waals surface area contributed by atoms with Crippen molar-refractivity contribution >= 4 is 5.91 Å². The van der Waals surface area contributed by atoms with Crippen molar-refractivity contribution in [2.45, 2.75) is 50.7 Å². The summed E-state index contributed by atoms with van der Waals surface area (Å²) in [5, 5.41) is 9.65. The molecule has 0 spiro atoms. The van der Waals surface area contributed by atoms with E-state index >= 15 is 0 Å². The zero-order valence-corrected chi connectivity index (χ0v) is 16.1. The first-order valence-corrected chi connectivity index (χ1v) is 10.0. The fourth-order valence-corrected chi connectivity index (χ4v) is 4.31. The fraction of sp³-hybridized carbons (Fsp3) is 0.667. The number of hydrogen-bond acceptors (Lipinski definition) is 5. The number of para-hydroxylation sites is 1. The maximum absolute atomic E-state index is 11.3. The number of ether oxygens (including phenoxy) is 3. The molecule has 0 unspecified atom stereocenters. The Labute approximate surface area is 161 Å². The number of hydrogen-bond donors (Lipinski definition) is 1. The number of carbonyl (C=O) groups is 1. The van der Waals surface area contributed by atoms with Gasteiger partial charge >= 0.3 is 0 Å². The van der Waals surface area contributed by atoms with E-state index in [1.807, 2.05) is 30.3 Å². The van der Waals surface area contributed by atoms with E-state index in [-0.39, 0.29) is 5.91 Å². The molecule has 27 heavy (non-hydrogen) atoms. The largest absolute Gasteiger partial charge is 0.494 e. The molecule has 1 aromatic carbocycles. The first-order valence-electron chi connectivity index (χ1n) is 10.0. The molecular formula is C21H31NO5. The van der Waals surface area contributed by atoms with Gasteiger partial charge in [0.1, 0.15) is 5.75 Å². The van der Waals surface area contributed by atoms with Crippen molar-refractivity contribution < 1.29 is 24.2 Å². The van der Waals surface area contributed by atoms with Crippen molar-refractivity contribution in [1.82, 2.24) is 5.06 Å². The van der Waals surface area contributed by atoms with Crippen LogP contribution in [0.5, 0.6) is 5.75 Å². The minimum absolute atomic E-state index is 0.279. The lowest BCUT2D eigenvalue weighted by molar-refractivity contribution is -0.159. The Morgan fingerprint density at radius 2 is 1.78 bits per heavy atom. The summed E-state index contributed by atoms with van der Waals surface area (Å²) >= 11 is 0. The third-order valence-electron chi connectivity index (χ3n) is 5.69. The smallest absolute Gasteiger partial charge is 0.245 e. The Morgan fingerprint density at radius 1 is 1.11 bits per heavy atom. The van der Waals surface area contributed by atoms with Gasteiger partial charge in [-0.3, -0.25) is 10.0 Å². The lowest BCUT2D eigenvalue weighted by atomic mass is 9.76. The van der Waals surface area contributed by atoms with E-state index in [9.17, 15) is 4.79 Å². The fourth-order valence-electron chi connectivity index (χ4n) is 4.31. The summed E-state index contributed by atoms with van der Waals surface area (Å²) in [5.74, 6) is 1.72. The predicted octanol–water partition coefficient (Wildman–Crippen LogP) is 3.28. The maximum atomic E-state index is 11.3. The summed E-state index contributed by atoms with van der Waals surface area (Å²) in [6.45, 7) is 1.95. The van der Waals surface area contributed by atoms with Gasteiger partial charge in [-0.15, -0.1) is 0 Å². The van der Waals surface area contributed by atoms with Crippen LogP contribution < -0.4 is 4.74 Å². The van der Waals surface area contributed by atoms with E-state index in [4.69, 9.17) is 19.4 Å². The topological polar surface area (TPSA) is 68.2 Å². The number of benzene rings is 1. The SMILES string of the molecule is CN(O)C(=O)CCCOCC[C@@H]1[C@H](CCOc2ccccc2)[C@@H]2CC[C@H]1O2. The van der Waals surface area contributed by atoms with Crippen LogP contribution in [0.3, 0.4) is 0 Å². The third kappa shape index (κ3) is 5.67. The van der Waals surface area contributed by atoms with Crippen LogP contribution in [0, 0.1) is 11.8 Å². The highest BCUT2D eigenvalue weighted by Gasteiger charge is 2.47. The quantitative estimate of drug-likeness (QED) is 0.364. The highest BCUT2D eigenvalue weighted by molar-refractivity contribution is 5.74. The summed E-state index contributed by atoms with van der Waals surface area (Å²) in [5.41, 5.74) is 0. The number of carbonyl (C=O) groups excluding carboxylic acids is 1. The summed E-state index contributed by atoms with van der Waals surface area (Å²) < 4.78 is 17.7.